The summed E-state index contributed by atoms with van der Waals surface area (Å²) in [5.41, 5.74) is 3.70. The molecule has 0 unspecified atom stereocenters. The fourth-order valence-corrected chi connectivity index (χ4v) is 3.37. The van der Waals surface area contributed by atoms with Crippen molar-refractivity contribution in [3.8, 4) is 22.5 Å². The molecule has 0 aliphatic heterocycles. The van der Waals surface area contributed by atoms with E-state index < -0.39 is 0 Å². The Labute approximate surface area is 191 Å². The average Bonchev–Trinajstić information content (AvgIpc) is 3.56. The lowest BCUT2D eigenvalue weighted by molar-refractivity contribution is 0.0914. The number of rotatable bonds is 8. The molecule has 0 bridgehead atoms. The fourth-order valence-electron chi connectivity index (χ4n) is 3.37. The van der Waals surface area contributed by atoms with Gasteiger partial charge in [-0.2, -0.15) is 10.2 Å². The molecule has 4 heterocycles. The molecular formula is C23H28N8O2. The molecule has 0 atom stereocenters. The molecule has 4 aromatic heterocycles. The molecule has 4 N–H and O–H groups in total. The number of carbonyl (C=O) groups excluding carboxylic acids is 2. The van der Waals surface area contributed by atoms with Gasteiger partial charge in [0, 0.05) is 63.1 Å². The van der Waals surface area contributed by atoms with Crippen LogP contribution in [0.25, 0.3) is 22.5 Å². The molecule has 0 aliphatic carbocycles. The first-order chi connectivity index (χ1) is 15.7. The molecule has 0 fully saturated rings. The van der Waals surface area contributed by atoms with Crippen LogP contribution in [0.3, 0.4) is 0 Å². The van der Waals surface area contributed by atoms with Gasteiger partial charge >= 0.3 is 0 Å². The Bertz CT molecular complexity index is 1180. The van der Waals surface area contributed by atoms with Gasteiger partial charge in [0.15, 0.2) is 0 Å². The molecule has 0 saturated heterocycles. The minimum atomic E-state index is -0.365. The highest BCUT2D eigenvalue weighted by molar-refractivity contribution is 5.94. The van der Waals surface area contributed by atoms with Gasteiger partial charge in [0.2, 0.25) is 0 Å². The number of aromatic amines is 2. The molecular weight excluding hydrogens is 420 g/mol. The Morgan fingerprint density at radius 1 is 0.848 bits per heavy atom. The topological polar surface area (TPSA) is 125 Å². The summed E-state index contributed by atoms with van der Waals surface area (Å²) in [5.74, 6) is -0.490. The highest BCUT2D eigenvalue weighted by Gasteiger charge is 2.22. The lowest BCUT2D eigenvalue weighted by atomic mass is 9.93. The summed E-state index contributed by atoms with van der Waals surface area (Å²) in [6.07, 6.45) is 7.72. The van der Waals surface area contributed by atoms with Gasteiger partial charge in [-0.1, -0.05) is 13.8 Å². The molecule has 0 aromatic carbocycles. The second kappa shape index (κ2) is 8.81. The molecule has 4 rings (SSSR count). The predicted molar refractivity (Wildman–Crippen MR) is 124 cm³/mol. The van der Waals surface area contributed by atoms with Crippen molar-refractivity contribution in [3.05, 3.63) is 60.4 Å². The van der Waals surface area contributed by atoms with Crippen molar-refractivity contribution in [2.24, 2.45) is 19.5 Å². The summed E-state index contributed by atoms with van der Waals surface area (Å²) in [7, 11) is 3.86. The SMILES string of the molecule is Cn1ccc(-c2cc(C(=O)NCC(C)(C)CNC(=O)c3cc(-c4ccn(C)c4)n[nH]3)[nH]n2)c1. The maximum atomic E-state index is 12.6. The zero-order valence-electron chi connectivity index (χ0n) is 19.1. The minimum Gasteiger partial charge on any atom is -0.357 e. The first-order valence-electron chi connectivity index (χ1n) is 10.6. The Hall–Kier alpha value is -4.08. The third kappa shape index (κ3) is 5.22. The number of aromatic nitrogens is 6. The van der Waals surface area contributed by atoms with Crippen molar-refractivity contribution in [3.63, 3.8) is 0 Å². The van der Waals surface area contributed by atoms with Crippen LogP contribution in [0.2, 0.25) is 0 Å². The first kappa shape index (κ1) is 22.1. The number of carbonyl (C=O) groups is 2. The lowest BCUT2D eigenvalue weighted by Crippen LogP contribution is -2.42. The maximum Gasteiger partial charge on any atom is 0.269 e. The second-order valence-corrected chi connectivity index (χ2v) is 8.99. The third-order valence-corrected chi connectivity index (χ3v) is 5.36. The van der Waals surface area contributed by atoms with Crippen LogP contribution in [0.15, 0.2) is 49.1 Å². The summed E-state index contributed by atoms with van der Waals surface area (Å²) in [6.45, 7) is 4.70. The van der Waals surface area contributed by atoms with Gasteiger partial charge in [-0.15, -0.1) is 0 Å². The van der Waals surface area contributed by atoms with Crippen molar-refractivity contribution >= 4 is 11.8 Å². The number of nitrogens with zero attached hydrogens (tertiary/aromatic N) is 4. The van der Waals surface area contributed by atoms with Crippen molar-refractivity contribution < 1.29 is 9.59 Å². The van der Waals surface area contributed by atoms with Crippen LogP contribution < -0.4 is 10.6 Å². The predicted octanol–water partition coefficient (Wildman–Crippen LogP) is 2.33. The van der Waals surface area contributed by atoms with Gasteiger partial charge in [0.25, 0.3) is 11.8 Å². The number of nitrogens with one attached hydrogen (secondary N) is 4. The first-order valence-corrected chi connectivity index (χ1v) is 10.6. The van der Waals surface area contributed by atoms with Gasteiger partial charge in [-0.05, 0) is 29.7 Å². The van der Waals surface area contributed by atoms with E-state index in [1.165, 1.54) is 0 Å². The molecule has 0 spiro atoms. The van der Waals surface area contributed by atoms with Crippen LogP contribution in [-0.4, -0.2) is 54.4 Å². The monoisotopic (exact) mass is 448 g/mol. The van der Waals surface area contributed by atoms with Crippen LogP contribution in [0.5, 0.6) is 0 Å². The highest BCUT2D eigenvalue weighted by atomic mass is 16.2. The number of H-pyrrole nitrogens is 2. The molecule has 0 saturated carbocycles. The van der Waals surface area contributed by atoms with E-state index in [4.69, 9.17) is 0 Å². The van der Waals surface area contributed by atoms with Crippen molar-refractivity contribution in [1.29, 1.82) is 0 Å². The summed E-state index contributed by atoms with van der Waals surface area (Å²) in [5, 5.41) is 19.8. The van der Waals surface area contributed by atoms with E-state index in [9.17, 15) is 9.59 Å². The Balaban J connectivity index is 1.28. The van der Waals surface area contributed by atoms with Crippen LogP contribution in [0.4, 0.5) is 0 Å². The van der Waals surface area contributed by atoms with Crippen molar-refractivity contribution in [2.75, 3.05) is 13.1 Å². The van der Waals surface area contributed by atoms with Crippen LogP contribution in [0.1, 0.15) is 34.8 Å². The zero-order chi connectivity index (χ0) is 23.6. The highest BCUT2D eigenvalue weighted by Crippen LogP contribution is 2.19. The van der Waals surface area contributed by atoms with E-state index in [-0.39, 0.29) is 17.2 Å². The van der Waals surface area contributed by atoms with Gasteiger partial charge in [-0.25, -0.2) is 0 Å². The smallest absolute Gasteiger partial charge is 0.269 e. The van der Waals surface area contributed by atoms with Gasteiger partial charge < -0.3 is 19.8 Å². The quantitative estimate of drug-likeness (QED) is 0.330. The molecule has 172 valence electrons. The van der Waals surface area contributed by atoms with E-state index in [1.807, 2.05) is 74.0 Å². The van der Waals surface area contributed by atoms with Gasteiger partial charge in [-0.3, -0.25) is 19.8 Å². The summed E-state index contributed by atoms with van der Waals surface area (Å²) in [6, 6.07) is 7.32. The van der Waals surface area contributed by atoms with Gasteiger partial charge in [0.05, 0.1) is 11.4 Å². The maximum absolute atomic E-state index is 12.6. The number of aryl methyl sites for hydroxylation is 2. The molecule has 33 heavy (non-hydrogen) atoms. The fraction of sp³-hybridized carbons (Fsp3) is 0.304. The number of hydrogen-bond acceptors (Lipinski definition) is 4. The normalized spacial score (nSPS) is 11.5. The zero-order valence-corrected chi connectivity index (χ0v) is 19.1. The van der Waals surface area contributed by atoms with Gasteiger partial charge in [0.1, 0.15) is 11.4 Å². The van der Waals surface area contributed by atoms with E-state index in [1.54, 1.807) is 12.1 Å². The molecule has 10 nitrogen and oxygen atoms in total. The third-order valence-electron chi connectivity index (χ3n) is 5.36. The van der Waals surface area contributed by atoms with Crippen molar-refractivity contribution in [2.45, 2.75) is 13.8 Å². The van der Waals surface area contributed by atoms with E-state index in [0.717, 1.165) is 11.1 Å². The van der Waals surface area contributed by atoms with E-state index >= 15 is 0 Å². The second-order valence-electron chi connectivity index (χ2n) is 8.99. The Morgan fingerprint density at radius 2 is 1.27 bits per heavy atom. The summed E-state index contributed by atoms with van der Waals surface area (Å²) >= 11 is 0. The minimum absolute atomic E-state index is 0.245. The molecule has 0 aliphatic rings. The number of amides is 2. The summed E-state index contributed by atoms with van der Waals surface area (Å²) < 4.78 is 3.85. The van der Waals surface area contributed by atoms with E-state index in [0.29, 0.717) is 35.9 Å². The summed E-state index contributed by atoms with van der Waals surface area (Å²) in [4.78, 5) is 25.1. The Kier molecular flexibility index (Phi) is 5.91. The Morgan fingerprint density at radius 3 is 1.64 bits per heavy atom. The van der Waals surface area contributed by atoms with Crippen LogP contribution >= 0.6 is 0 Å². The average molecular weight is 449 g/mol. The number of hydrogen-bond donors (Lipinski definition) is 4. The molecule has 0 radical (unpaired) electrons. The standard InChI is InChI=1S/C23H28N8O2/c1-23(2,13-24-21(32)19-9-17(26-28-19)15-5-7-30(3)11-15)14-25-22(33)20-10-18(27-29-20)16-6-8-31(4)12-16/h5-12H,13-14H2,1-4H3,(H,24,32)(H,25,33)(H,26,28)(H,27,29). The van der Waals surface area contributed by atoms with Crippen LogP contribution in [0, 0.1) is 5.41 Å². The molecule has 2 amide bonds. The molecule has 4 aromatic rings. The van der Waals surface area contributed by atoms with Crippen molar-refractivity contribution in [1.82, 2.24) is 40.2 Å². The largest absolute Gasteiger partial charge is 0.357 e. The van der Waals surface area contributed by atoms with E-state index in [2.05, 4.69) is 31.0 Å². The molecule has 10 heteroatoms. The lowest BCUT2D eigenvalue weighted by Gasteiger charge is -2.25. The van der Waals surface area contributed by atoms with Crippen LogP contribution in [-0.2, 0) is 14.1 Å².